The van der Waals surface area contributed by atoms with Crippen molar-refractivity contribution in [2.45, 2.75) is 38.3 Å². The topological polar surface area (TPSA) is 100 Å². The summed E-state index contributed by atoms with van der Waals surface area (Å²) >= 11 is 0. The van der Waals surface area contributed by atoms with Crippen LogP contribution in [-0.4, -0.2) is 31.7 Å². The first-order valence-corrected chi connectivity index (χ1v) is 20.1. The summed E-state index contributed by atoms with van der Waals surface area (Å²) in [5, 5.41) is 21.1. The van der Waals surface area contributed by atoms with Crippen LogP contribution in [-0.2, 0) is 50.8 Å². The second-order valence-electron chi connectivity index (χ2n) is 10.9. The van der Waals surface area contributed by atoms with E-state index in [9.17, 15) is 17.3 Å². The summed E-state index contributed by atoms with van der Waals surface area (Å²) in [4.78, 5) is 0. The van der Waals surface area contributed by atoms with Crippen molar-refractivity contribution in [2.75, 3.05) is 14.2 Å². The van der Waals surface area contributed by atoms with Crippen molar-refractivity contribution in [1.82, 2.24) is 0 Å². The zero-order valence-electron chi connectivity index (χ0n) is 32.9. The second-order valence-corrected chi connectivity index (χ2v) is 15.6. The Morgan fingerprint density at radius 2 is 0.712 bits per heavy atom. The maximum Gasteiger partial charge on any atom is 0 e. The molecular weight excluding hydrogens is 924 g/mol. The Morgan fingerprint density at radius 3 is 1.00 bits per heavy atom. The third kappa shape index (κ3) is 26.4. The van der Waals surface area contributed by atoms with E-state index < -0.39 is 23.1 Å². The summed E-state index contributed by atoms with van der Waals surface area (Å²) < 4.78 is 61.5. The van der Waals surface area contributed by atoms with Gasteiger partial charge in [-0.25, -0.2) is 0 Å². The van der Waals surface area contributed by atoms with Crippen molar-refractivity contribution in [2.24, 2.45) is 0 Å². The van der Waals surface area contributed by atoms with Gasteiger partial charge in [-0.05, 0) is 73.6 Å². The largest absolute Gasteiger partial charge is 0 e. The summed E-state index contributed by atoms with van der Waals surface area (Å²) in [6.07, 6.45) is 14.0. The number of rotatable bonds is 7. The molecule has 5 aromatic carbocycles. The number of allylic oxidation sites excluding steroid dienone is 4. The molecule has 0 heterocycles. The number of hydrogen-bond acceptors (Lipinski definition) is 2. The van der Waals surface area contributed by atoms with E-state index in [4.69, 9.17) is 24.2 Å². The van der Waals surface area contributed by atoms with Gasteiger partial charge in [0, 0.05) is 56.7 Å². The Kier molecular flexibility index (Phi) is 43.5. The third-order valence-electron chi connectivity index (χ3n) is 7.45. The zero-order chi connectivity index (χ0) is 43.3. The van der Waals surface area contributed by atoms with Crippen molar-refractivity contribution in [3.63, 3.8) is 0 Å². The molecule has 0 bridgehead atoms. The Hall–Kier alpha value is -3.48. The molecule has 59 heavy (non-hydrogen) atoms. The van der Waals surface area contributed by atoms with Crippen molar-refractivity contribution >= 4 is 49.6 Å². The van der Waals surface area contributed by atoms with Crippen LogP contribution in [0.15, 0.2) is 170 Å². The van der Waals surface area contributed by atoms with E-state index in [1.54, 1.807) is 0 Å². The summed E-state index contributed by atoms with van der Waals surface area (Å²) in [5.41, 5.74) is 1.84. The molecule has 0 unspecified atom stereocenters. The Bertz CT molecular complexity index is 1700. The van der Waals surface area contributed by atoms with E-state index in [0.29, 0.717) is 5.66 Å². The Balaban J connectivity index is -0.000000506. The third-order valence-corrected chi connectivity index (χ3v) is 12.7. The van der Waals surface area contributed by atoms with Crippen LogP contribution < -0.4 is 26.5 Å². The van der Waals surface area contributed by atoms with E-state index in [2.05, 4.69) is 197 Å². The first-order valence-electron chi connectivity index (χ1n) is 17.4. The van der Waals surface area contributed by atoms with Gasteiger partial charge in [0.05, 0.1) is 0 Å². The normalized spacial score (nSPS) is 12.1. The van der Waals surface area contributed by atoms with Gasteiger partial charge in [0.15, 0.2) is 0 Å². The van der Waals surface area contributed by atoms with E-state index >= 15 is 0 Å². The molecule has 1 radical (unpaired) electrons. The van der Waals surface area contributed by atoms with Gasteiger partial charge in [0.1, 0.15) is 0 Å². The molecule has 1 atom stereocenters. The fraction of sp³-hybridized carbons (Fsp3) is 0.178. The summed E-state index contributed by atoms with van der Waals surface area (Å²) in [5.74, 6) is 0. The van der Waals surface area contributed by atoms with Crippen LogP contribution in [0.4, 0.5) is 17.3 Å². The Morgan fingerprint density at radius 1 is 0.475 bits per heavy atom. The van der Waals surface area contributed by atoms with E-state index in [-0.39, 0.29) is 36.8 Å². The summed E-state index contributed by atoms with van der Waals surface area (Å²) in [7, 11) is -5.21. The molecule has 1 aliphatic rings. The molecule has 6 rings (SSSR count). The van der Waals surface area contributed by atoms with Gasteiger partial charge >= 0.3 is 41.2 Å². The number of halogens is 4. The summed E-state index contributed by atoms with van der Waals surface area (Å²) in [6, 6.07) is 53.3. The standard InChI is InChI=1S/C32H28P2.C8H12.2CH4O.3CO.BF4.Cr.Rh/c1-26(33(27-16-6-2-7-17-27)28-18-8-3-9-19-28)31-24-14-15-25-32(31)34(29-20-10-4-11-21-29)30-22-12-5-13-23-30;1-2-4-6-8-7-5-3-1;5*1-2;2-1(3,4)5;;/h2-26H,1H3;1-2,7-8H,3-6H2;2*2H,1H3;;;;;;/q;;;;;;;-1;;/b;2-1-,8-7-;;;;;;;;/t26-;;;;;;;;;/m1........./s1. The van der Waals surface area contributed by atoms with Gasteiger partial charge in [-0.15, -0.1) is 0 Å². The first-order chi connectivity index (χ1) is 27.8. The van der Waals surface area contributed by atoms with Gasteiger partial charge in [0.25, 0.3) is 0 Å². The van der Waals surface area contributed by atoms with Crippen LogP contribution in [0.1, 0.15) is 43.8 Å². The fourth-order valence-electron chi connectivity index (χ4n) is 5.39. The predicted molar refractivity (Wildman–Crippen MR) is 228 cm³/mol. The first kappa shape index (κ1) is 62.2. The number of aliphatic hydroxyl groups excluding tert-OH is 2. The average molecular weight is 973 g/mol. The monoisotopic (exact) mass is 972 g/mol. The molecule has 5 nitrogen and oxygen atoms in total. The molecule has 14 heteroatoms. The molecule has 1 aliphatic carbocycles. The molecule has 2 N–H and O–H groups in total. The number of benzene rings is 5. The number of hydrogen-bond donors (Lipinski definition) is 2. The zero-order valence-corrected chi connectivity index (χ0v) is 37.6. The van der Waals surface area contributed by atoms with Gasteiger partial charge in [0.2, 0.25) is 0 Å². The van der Waals surface area contributed by atoms with Crippen LogP contribution in [0.3, 0.4) is 0 Å². The fourth-order valence-corrected chi connectivity index (χ4v) is 10.7. The molecule has 0 amide bonds. The molecular formula is C45H48BCrF4O5P2Rh-. The molecule has 0 saturated heterocycles. The van der Waals surface area contributed by atoms with Gasteiger partial charge in [-0.3, -0.25) is 0 Å². The minimum Gasteiger partial charge on any atom is 0 e. The van der Waals surface area contributed by atoms with Crippen LogP contribution in [0.5, 0.6) is 0 Å². The van der Waals surface area contributed by atoms with Crippen molar-refractivity contribution in [1.29, 1.82) is 0 Å². The quantitative estimate of drug-likeness (QED) is 0.0424. The Labute approximate surface area is 373 Å². The second kappa shape index (κ2) is 41.3. The molecule has 5 aromatic rings. The van der Waals surface area contributed by atoms with E-state index in [1.807, 2.05) is 0 Å². The van der Waals surface area contributed by atoms with Crippen molar-refractivity contribution in [3.05, 3.63) is 195 Å². The van der Waals surface area contributed by atoms with E-state index in [1.165, 1.54) is 57.8 Å². The van der Waals surface area contributed by atoms with Gasteiger partial charge in [-0.2, -0.15) is 0 Å². The minimum atomic E-state index is -6.00. The SMILES string of the molecule is C1=C\CC/C=C\CC/1.CO.CO.C[C@H](c1ccccc1P(c1ccccc1)c1ccccc1)P(c1ccccc1)c1ccccc1.F[B-](F)(F)F.[C-]#[O+].[C-]#[O+].[C-]#[O+].[Cr].[Rh]. The van der Waals surface area contributed by atoms with Crippen LogP contribution >= 0.6 is 15.8 Å². The molecule has 0 aliphatic heterocycles. The maximum atomic E-state index is 9.75. The number of aliphatic hydroxyl groups is 2. The van der Waals surface area contributed by atoms with Crippen molar-refractivity contribution in [3.8, 4) is 0 Å². The van der Waals surface area contributed by atoms with Gasteiger partial charge in [-0.1, -0.05) is 177 Å². The minimum absolute atomic E-state index is 0. The maximum absolute atomic E-state index is 9.75. The van der Waals surface area contributed by atoms with Crippen LogP contribution in [0, 0.1) is 20.0 Å². The molecule has 0 fully saturated rings. The average Bonchev–Trinajstić information content (AvgIpc) is 3.26. The molecule has 0 aromatic heterocycles. The molecule has 0 spiro atoms. The van der Waals surface area contributed by atoms with E-state index in [0.717, 1.165) is 14.2 Å². The summed E-state index contributed by atoms with van der Waals surface area (Å²) in [6.45, 7) is 15.9. The van der Waals surface area contributed by atoms with Crippen LogP contribution in [0.25, 0.3) is 0 Å². The van der Waals surface area contributed by atoms with Crippen LogP contribution in [0.2, 0.25) is 0 Å². The molecule has 315 valence electrons. The predicted octanol–water partition coefficient (Wildman–Crippen LogP) is 9.71. The smallest absolute Gasteiger partial charge is 0 e. The van der Waals surface area contributed by atoms with Crippen molar-refractivity contribution < 1.29 is 78.3 Å². The van der Waals surface area contributed by atoms with Gasteiger partial charge < -0.3 is 27.5 Å². The molecule has 0 saturated carbocycles.